The lowest BCUT2D eigenvalue weighted by molar-refractivity contribution is 0.187. The first-order valence-electron chi connectivity index (χ1n) is 9.12. The molecule has 8 heteroatoms. The van der Waals surface area contributed by atoms with Crippen LogP contribution >= 0.6 is 0 Å². The number of aromatic amines is 1. The highest BCUT2D eigenvalue weighted by Gasteiger charge is 2.33. The molecule has 3 aliphatic rings. The first-order chi connectivity index (χ1) is 13.2. The summed E-state index contributed by atoms with van der Waals surface area (Å²) >= 11 is 0. The number of piperidine rings is 1. The maximum atomic E-state index is 13.4. The molecule has 5 rings (SSSR count). The number of H-pyrrole nitrogens is 1. The van der Waals surface area contributed by atoms with Crippen molar-refractivity contribution in [3.63, 3.8) is 0 Å². The van der Waals surface area contributed by atoms with Crippen molar-refractivity contribution in [2.75, 3.05) is 13.1 Å². The molecule has 1 aromatic heterocycles. The maximum absolute atomic E-state index is 13.4. The second-order valence-electron chi connectivity index (χ2n) is 7.15. The van der Waals surface area contributed by atoms with Crippen LogP contribution in [-0.4, -0.2) is 34.3 Å². The van der Waals surface area contributed by atoms with E-state index in [2.05, 4.69) is 25.8 Å². The zero-order valence-electron chi connectivity index (χ0n) is 14.7. The van der Waals surface area contributed by atoms with Gasteiger partial charge < -0.3 is 10.4 Å². The van der Waals surface area contributed by atoms with Crippen molar-refractivity contribution < 1.29 is 8.78 Å². The summed E-state index contributed by atoms with van der Waals surface area (Å²) in [4.78, 5) is 9.84. The molecule has 0 aliphatic carbocycles. The molecule has 0 radical (unpaired) electrons. The Hall–Kier alpha value is -2.71. The number of fused-ring (bicyclic) bond motifs is 3. The standard InChI is InChI=1S/C19H20F2N6/c20-15-2-1-12(9-16(15)21)10-26-7-4-13(5-8-26)17-18-14-3-6-22-19(14)23-11-27(18)25-24-17/h1-3,6,9,11,13,22,24-25H,4-5,7-8,10H2. The van der Waals surface area contributed by atoms with Crippen molar-refractivity contribution in [1.29, 1.82) is 0 Å². The van der Waals surface area contributed by atoms with Crippen LogP contribution in [0, 0.1) is 17.6 Å². The van der Waals surface area contributed by atoms with Crippen molar-refractivity contribution in [2.45, 2.75) is 19.4 Å². The fourth-order valence-electron chi connectivity index (χ4n) is 4.07. The molecule has 2 aromatic rings. The Balaban J connectivity index is 1.29. The largest absolute Gasteiger partial charge is 0.346 e. The minimum absolute atomic E-state index is 0.410. The predicted octanol–water partition coefficient (Wildman–Crippen LogP) is 2.87. The van der Waals surface area contributed by atoms with E-state index in [1.165, 1.54) is 17.8 Å². The summed E-state index contributed by atoms with van der Waals surface area (Å²) in [5, 5.41) is 1.92. The molecule has 0 bridgehead atoms. The van der Waals surface area contributed by atoms with E-state index in [1.807, 2.05) is 17.3 Å². The number of hydrogen-bond acceptors (Lipinski definition) is 5. The number of rotatable bonds is 3. The van der Waals surface area contributed by atoms with Gasteiger partial charge in [-0.15, -0.1) is 5.53 Å². The van der Waals surface area contributed by atoms with Crippen LogP contribution < -0.4 is 11.0 Å². The molecule has 27 heavy (non-hydrogen) atoms. The Morgan fingerprint density at radius 3 is 2.78 bits per heavy atom. The first kappa shape index (κ1) is 16.5. The van der Waals surface area contributed by atoms with Crippen LogP contribution in [0.5, 0.6) is 0 Å². The summed E-state index contributed by atoms with van der Waals surface area (Å²) in [6, 6.07) is 6.19. The van der Waals surface area contributed by atoms with E-state index >= 15 is 0 Å². The third-order valence-electron chi connectivity index (χ3n) is 5.48. The normalized spacial score (nSPS) is 20.0. The Kier molecular flexibility index (Phi) is 3.95. The van der Waals surface area contributed by atoms with E-state index in [-0.39, 0.29) is 0 Å². The van der Waals surface area contributed by atoms with E-state index in [0.29, 0.717) is 12.5 Å². The average Bonchev–Trinajstić information content (AvgIpc) is 3.31. The second-order valence-corrected chi connectivity index (χ2v) is 7.15. The van der Waals surface area contributed by atoms with Gasteiger partial charge in [0, 0.05) is 24.2 Å². The average molecular weight is 370 g/mol. The quantitative estimate of drug-likeness (QED) is 0.778. The fraction of sp³-hybridized carbons (Fsp3) is 0.316. The van der Waals surface area contributed by atoms with Crippen LogP contribution in [0.4, 0.5) is 14.6 Å². The van der Waals surface area contributed by atoms with Crippen LogP contribution in [0.15, 0.2) is 41.2 Å². The highest BCUT2D eigenvalue weighted by molar-refractivity contribution is 5.87. The van der Waals surface area contributed by atoms with Crippen LogP contribution in [0.1, 0.15) is 24.0 Å². The van der Waals surface area contributed by atoms with Gasteiger partial charge in [-0.05, 0) is 49.7 Å². The Morgan fingerprint density at radius 2 is 1.96 bits per heavy atom. The lowest BCUT2D eigenvalue weighted by atomic mass is 9.91. The summed E-state index contributed by atoms with van der Waals surface area (Å²) in [5.74, 6) is -0.291. The van der Waals surface area contributed by atoms with Crippen molar-refractivity contribution >= 4 is 17.9 Å². The Bertz CT molecular complexity index is 926. The summed E-state index contributed by atoms with van der Waals surface area (Å²) in [5.41, 5.74) is 10.7. The molecule has 140 valence electrons. The van der Waals surface area contributed by atoms with Gasteiger partial charge in [0.05, 0.1) is 11.4 Å². The number of nitrogens with one attached hydrogen (secondary N) is 3. The number of allylic oxidation sites excluding steroid dienone is 1. The number of hydrogen-bond donors (Lipinski definition) is 3. The highest BCUT2D eigenvalue weighted by atomic mass is 19.2. The molecular weight excluding hydrogens is 350 g/mol. The van der Waals surface area contributed by atoms with Crippen molar-refractivity contribution in [3.8, 4) is 0 Å². The zero-order valence-corrected chi connectivity index (χ0v) is 14.7. The molecule has 0 spiro atoms. The van der Waals surface area contributed by atoms with Crippen molar-refractivity contribution in [3.05, 3.63) is 58.9 Å². The van der Waals surface area contributed by atoms with Crippen LogP contribution in [0.3, 0.4) is 0 Å². The van der Waals surface area contributed by atoms with Crippen LogP contribution in [0.2, 0.25) is 0 Å². The number of aromatic nitrogens is 1. The number of likely N-dealkylation sites (tertiary alicyclic amines) is 1. The van der Waals surface area contributed by atoms with E-state index in [1.54, 1.807) is 12.4 Å². The smallest absolute Gasteiger partial charge is 0.159 e. The van der Waals surface area contributed by atoms with Gasteiger partial charge in [-0.3, -0.25) is 4.90 Å². The predicted molar refractivity (Wildman–Crippen MR) is 98.3 cm³/mol. The molecule has 1 aromatic carbocycles. The monoisotopic (exact) mass is 370 g/mol. The third kappa shape index (κ3) is 2.90. The lowest BCUT2D eigenvalue weighted by Crippen LogP contribution is -2.39. The minimum Gasteiger partial charge on any atom is -0.346 e. The zero-order chi connectivity index (χ0) is 18.4. The second kappa shape index (κ2) is 6.47. The van der Waals surface area contributed by atoms with Crippen molar-refractivity contribution in [1.82, 2.24) is 25.9 Å². The highest BCUT2D eigenvalue weighted by Crippen LogP contribution is 2.38. The van der Waals surface area contributed by atoms with E-state index < -0.39 is 11.6 Å². The lowest BCUT2D eigenvalue weighted by Gasteiger charge is -2.32. The minimum atomic E-state index is -0.796. The number of nitrogens with zero attached hydrogens (tertiary/aromatic N) is 3. The van der Waals surface area contributed by atoms with Crippen molar-refractivity contribution in [2.24, 2.45) is 10.9 Å². The molecule has 6 nitrogen and oxygen atoms in total. The summed E-state index contributed by atoms with van der Waals surface area (Å²) < 4.78 is 26.5. The molecule has 0 amide bonds. The molecule has 0 atom stereocenters. The van der Waals surface area contributed by atoms with Gasteiger partial charge in [0.2, 0.25) is 0 Å². The van der Waals surface area contributed by atoms with E-state index in [9.17, 15) is 8.78 Å². The molecule has 0 saturated carbocycles. The molecule has 3 N–H and O–H groups in total. The topological polar surface area (TPSA) is 58.7 Å². The van der Waals surface area contributed by atoms with E-state index in [0.717, 1.165) is 48.6 Å². The molecule has 1 fully saturated rings. The van der Waals surface area contributed by atoms with Crippen LogP contribution in [0.25, 0.3) is 5.70 Å². The fourth-order valence-corrected chi connectivity index (χ4v) is 4.07. The Morgan fingerprint density at radius 1 is 1.11 bits per heavy atom. The Labute approximate surface area is 155 Å². The number of aliphatic imine (C=N–C) groups is 1. The van der Waals surface area contributed by atoms with Gasteiger partial charge in [-0.1, -0.05) is 6.07 Å². The number of hydrazine groups is 2. The van der Waals surface area contributed by atoms with Gasteiger partial charge in [-0.2, -0.15) is 0 Å². The molecular formula is C19H20F2N6. The van der Waals surface area contributed by atoms with Gasteiger partial charge in [0.1, 0.15) is 12.2 Å². The third-order valence-corrected chi connectivity index (χ3v) is 5.48. The number of benzene rings is 1. The first-order valence-corrected chi connectivity index (χ1v) is 9.12. The molecule has 3 aliphatic heterocycles. The maximum Gasteiger partial charge on any atom is 0.159 e. The summed E-state index contributed by atoms with van der Waals surface area (Å²) in [6.07, 6.45) is 5.68. The SMILES string of the molecule is Fc1ccc(CN2CCC(C3=C4c5cc[nH]c5N=CN4NN3)CC2)cc1F. The summed E-state index contributed by atoms with van der Waals surface area (Å²) in [7, 11) is 0. The van der Waals surface area contributed by atoms with Gasteiger partial charge in [0.25, 0.3) is 0 Å². The molecule has 0 unspecified atom stereocenters. The van der Waals surface area contributed by atoms with Gasteiger partial charge in [0.15, 0.2) is 11.6 Å². The molecule has 4 heterocycles. The van der Waals surface area contributed by atoms with Gasteiger partial charge >= 0.3 is 0 Å². The summed E-state index contributed by atoms with van der Waals surface area (Å²) in [6.45, 7) is 2.47. The number of halogens is 2. The van der Waals surface area contributed by atoms with E-state index in [4.69, 9.17) is 0 Å². The van der Waals surface area contributed by atoms with Crippen LogP contribution in [-0.2, 0) is 6.54 Å². The van der Waals surface area contributed by atoms with Gasteiger partial charge in [-0.25, -0.2) is 18.8 Å². The molecule has 1 saturated heterocycles.